The number of rotatable bonds is 3. The van der Waals surface area contributed by atoms with Gasteiger partial charge in [-0.3, -0.25) is 0 Å². The van der Waals surface area contributed by atoms with Crippen LogP contribution in [0.4, 0.5) is 0 Å². The van der Waals surface area contributed by atoms with Gasteiger partial charge in [-0.2, -0.15) is 0 Å². The normalized spacial score (nSPS) is 12.5. The van der Waals surface area contributed by atoms with Gasteiger partial charge in [0.1, 0.15) is 16.6 Å². The lowest BCUT2D eigenvalue weighted by Gasteiger charge is -2.05. The molecule has 0 bridgehead atoms. The third-order valence-electron chi connectivity index (χ3n) is 3.38. The van der Waals surface area contributed by atoms with Crippen molar-refractivity contribution in [3.8, 4) is 11.4 Å². The third-order valence-corrected chi connectivity index (χ3v) is 4.68. The number of para-hydroxylation sites is 2. The van der Waals surface area contributed by atoms with Crippen LogP contribution in [0.2, 0.25) is 0 Å². The van der Waals surface area contributed by atoms with E-state index in [2.05, 4.69) is 19.9 Å². The molecule has 2 aromatic carbocycles. The molecule has 0 spiro atoms. The summed E-state index contributed by atoms with van der Waals surface area (Å²) in [7, 11) is -1.40. The zero-order valence-electron chi connectivity index (χ0n) is 11.5. The van der Waals surface area contributed by atoms with Gasteiger partial charge in [0.2, 0.25) is 5.16 Å². The number of fused-ring (bicyclic) bond motifs is 1. The monoisotopic (exact) mass is 308 g/mol. The molecule has 2 N–H and O–H groups in total. The Morgan fingerprint density at radius 1 is 1.00 bits per heavy atom. The number of hydrogen-bond acceptors (Lipinski definition) is 3. The highest BCUT2D eigenvalue weighted by atomic mass is 32.2. The zero-order chi connectivity index (χ0) is 14.9. The molecule has 0 radical (unpaired) electrons. The molecule has 6 heteroatoms. The molecule has 0 aliphatic carbocycles. The van der Waals surface area contributed by atoms with Crippen molar-refractivity contribution in [2.45, 2.75) is 10.1 Å². The Kier molecular flexibility index (Phi) is 3.08. The van der Waals surface area contributed by atoms with E-state index in [1.165, 1.54) is 0 Å². The van der Waals surface area contributed by atoms with Crippen molar-refractivity contribution >= 4 is 21.8 Å². The van der Waals surface area contributed by atoms with E-state index < -0.39 is 10.8 Å². The smallest absolute Gasteiger partial charge is 0.202 e. The molecule has 1 atom stereocenters. The molecular weight excluding hydrogens is 296 g/mol. The van der Waals surface area contributed by atoms with Gasteiger partial charge in [0.25, 0.3) is 0 Å². The summed E-state index contributed by atoms with van der Waals surface area (Å²) in [5.41, 5.74) is 2.49. The van der Waals surface area contributed by atoms with Gasteiger partial charge in [-0.1, -0.05) is 30.3 Å². The number of aromatic nitrogens is 4. The van der Waals surface area contributed by atoms with E-state index in [0.717, 1.165) is 16.6 Å². The van der Waals surface area contributed by atoms with E-state index in [0.29, 0.717) is 15.9 Å². The lowest BCUT2D eigenvalue weighted by atomic mass is 10.2. The van der Waals surface area contributed by atoms with Crippen molar-refractivity contribution in [3.05, 3.63) is 60.9 Å². The number of aromatic amines is 2. The largest absolute Gasteiger partial charge is 0.345 e. The Labute approximate surface area is 128 Å². The minimum Gasteiger partial charge on any atom is -0.345 e. The van der Waals surface area contributed by atoms with Gasteiger partial charge in [-0.05, 0) is 18.2 Å². The molecule has 2 aromatic heterocycles. The van der Waals surface area contributed by atoms with E-state index in [4.69, 9.17) is 0 Å². The maximum absolute atomic E-state index is 12.9. The van der Waals surface area contributed by atoms with E-state index >= 15 is 0 Å². The zero-order valence-corrected chi connectivity index (χ0v) is 12.3. The lowest BCUT2D eigenvalue weighted by Crippen LogP contribution is -1.98. The average molecular weight is 308 g/mol. The Morgan fingerprint density at radius 3 is 2.64 bits per heavy atom. The highest BCUT2D eigenvalue weighted by molar-refractivity contribution is 7.85. The van der Waals surface area contributed by atoms with Gasteiger partial charge >= 0.3 is 0 Å². The number of nitrogens with zero attached hydrogens (tertiary/aromatic N) is 2. The summed E-state index contributed by atoms with van der Waals surface area (Å²) in [6.07, 6.45) is 3.42. The SMILES string of the molecule is O=S(c1nc2ccccc2[nH]1)c1ccccc1-c1ncc[nH]1. The van der Waals surface area contributed by atoms with Crippen LogP contribution in [0, 0.1) is 0 Å². The molecule has 4 rings (SSSR count). The minimum atomic E-state index is -1.40. The number of nitrogens with one attached hydrogen (secondary N) is 2. The second-order valence-electron chi connectivity index (χ2n) is 4.76. The van der Waals surface area contributed by atoms with E-state index in [1.807, 2.05) is 48.5 Å². The Hall–Kier alpha value is -2.73. The lowest BCUT2D eigenvalue weighted by molar-refractivity contribution is 0.678. The van der Waals surface area contributed by atoms with Gasteiger partial charge < -0.3 is 9.97 Å². The van der Waals surface area contributed by atoms with E-state index in [-0.39, 0.29) is 0 Å². The molecule has 2 heterocycles. The van der Waals surface area contributed by atoms with Crippen molar-refractivity contribution in [1.29, 1.82) is 0 Å². The predicted molar refractivity (Wildman–Crippen MR) is 84.8 cm³/mol. The molecule has 0 aliphatic heterocycles. The highest BCUT2D eigenvalue weighted by Crippen LogP contribution is 2.26. The van der Waals surface area contributed by atoms with Crippen LogP contribution in [0.1, 0.15) is 0 Å². The Morgan fingerprint density at radius 2 is 1.82 bits per heavy atom. The molecule has 0 aliphatic rings. The molecule has 5 nitrogen and oxygen atoms in total. The number of hydrogen-bond donors (Lipinski definition) is 2. The van der Waals surface area contributed by atoms with Crippen molar-refractivity contribution in [3.63, 3.8) is 0 Å². The van der Waals surface area contributed by atoms with Gasteiger partial charge in [0.15, 0.2) is 0 Å². The Balaban J connectivity index is 1.83. The summed E-state index contributed by atoms with van der Waals surface area (Å²) >= 11 is 0. The second-order valence-corrected chi connectivity index (χ2v) is 6.13. The molecule has 1 unspecified atom stereocenters. The molecule has 4 aromatic rings. The molecule has 0 fully saturated rings. The minimum absolute atomic E-state index is 0.445. The molecular formula is C16H12N4OS. The summed E-state index contributed by atoms with van der Waals surface area (Å²) in [6, 6.07) is 15.1. The van der Waals surface area contributed by atoms with Crippen LogP contribution in [0.5, 0.6) is 0 Å². The first-order valence-electron chi connectivity index (χ1n) is 6.78. The van der Waals surface area contributed by atoms with Gasteiger partial charge in [0.05, 0.1) is 15.9 Å². The predicted octanol–water partition coefficient (Wildman–Crippen LogP) is 3.12. The average Bonchev–Trinajstić information content (AvgIpc) is 3.23. The highest BCUT2D eigenvalue weighted by Gasteiger charge is 2.17. The summed E-state index contributed by atoms with van der Waals surface area (Å²) < 4.78 is 12.9. The van der Waals surface area contributed by atoms with Crippen molar-refractivity contribution in [1.82, 2.24) is 19.9 Å². The third kappa shape index (κ3) is 2.14. The molecule has 0 amide bonds. The van der Waals surface area contributed by atoms with Crippen LogP contribution < -0.4 is 0 Å². The fourth-order valence-corrected chi connectivity index (χ4v) is 3.52. The first-order valence-corrected chi connectivity index (χ1v) is 7.93. The molecule has 0 saturated heterocycles. The summed E-state index contributed by atoms with van der Waals surface area (Å²) in [5, 5.41) is 0.445. The van der Waals surface area contributed by atoms with Crippen molar-refractivity contribution in [2.24, 2.45) is 0 Å². The van der Waals surface area contributed by atoms with Gasteiger partial charge in [-0.25, -0.2) is 14.2 Å². The maximum Gasteiger partial charge on any atom is 0.202 e. The van der Waals surface area contributed by atoms with E-state index in [1.54, 1.807) is 12.4 Å². The number of benzene rings is 2. The first kappa shape index (κ1) is 13.0. The summed E-state index contributed by atoms with van der Waals surface area (Å²) in [4.78, 5) is 15.5. The molecule has 108 valence electrons. The quantitative estimate of drug-likeness (QED) is 0.610. The fraction of sp³-hybridized carbons (Fsp3) is 0. The standard InChI is InChI=1S/C16H12N4OS/c21-22(16-19-12-6-2-3-7-13(12)20-16)14-8-4-1-5-11(14)15-17-9-10-18-15/h1-10H,(H,17,18)(H,19,20). The van der Waals surface area contributed by atoms with Crippen molar-refractivity contribution in [2.75, 3.05) is 0 Å². The van der Waals surface area contributed by atoms with Crippen molar-refractivity contribution < 1.29 is 4.21 Å². The van der Waals surface area contributed by atoms with Crippen LogP contribution in [-0.4, -0.2) is 24.1 Å². The van der Waals surface area contributed by atoms with Gasteiger partial charge in [-0.15, -0.1) is 0 Å². The number of H-pyrrole nitrogens is 2. The van der Waals surface area contributed by atoms with Crippen LogP contribution in [0.15, 0.2) is 71.0 Å². The van der Waals surface area contributed by atoms with E-state index in [9.17, 15) is 4.21 Å². The van der Waals surface area contributed by atoms with Crippen LogP contribution in [0.25, 0.3) is 22.4 Å². The van der Waals surface area contributed by atoms with Crippen LogP contribution in [-0.2, 0) is 10.8 Å². The first-order chi connectivity index (χ1) is 10.8. The summed E-state index contributed by atoms with van der Waals surface area (Å²) in [6.45, 7) is 0. The maximum atomic E-state index is 12.9. The van der Waals surface area contributed by atoms with Crippen LogP contribution >= 0.6 is 0 Å². The molecule has 0 saturated carbocycles. The number of imidazole rings is 2. The van der Waals surface area contributed by atoms with Gasteiger partial charge in [0, 0.05) is 18.0 Å². The molecule has 22 heavy (non-hydrogen) atoms. The van der Waals surface area contributed by atoms with Crippen LogP contribution in [0.3, 0.4) is 0 Å². The topological polar surface area (TPSA) is 74.4 Å². The second kappa shape index (κ2) is 5.23. The Bertz CT molecular complexity index is 926. The fourth-order valence-electron chi connectivity index (χ4n) is 2.36. The summed E-state index contributed by atoms with van der Waals surface area (Å²) in [5.74, 6) is 0.695.